The zero-order valence-corrected chi connectivity index (χ0v) is 13.8. The highest BCUT2D eigenvalue weighted by atomic mass is 35.5. The minimum absolute atomic E-state index is 0.248. The maximum Gasteiger partial charge on any atom is 0.250 e. The summed E-state index contributed by atoms with van der Waals surface area (Å²) in [5.41, 5.74) is 5.85. The molecule has 2 saturated carbocycles. The fourth-order valence-electron chi connectivity index (χ4n) is 3.92. The second-order valence-electron chi connectivity index (χ2n) is 6.29. The van der Waals surface area contributed by atoms with E-state index in [0.29, 0.717) is 28.5 Å². The SMILES string of the molecule is CCO[C@@H]1C[C@@H](N(C)c2ncc(C(N)=O)cc2Cl)C12CCC2. The topological polar surface area (TPSA) is 68.4 Å². The summed E-state index contributed by atoms with van der Waals surface area (Å²) < 4.78 is 5.89. The minimum Gasteiger partial charge on any atom is -0.378 e. The first-order valence-electron chi connectivity index (χ1n) is 7.79. The summed E-state index contributed by atoms with van der Waals surface area (Å²) in [6.45, 7) is 2.81. The van der Waals surface area contributed by atoms with Crippen LogP contribution in [0.5, 0.6) is 0 Å². The van der Waals surface area contributed by atoms with E-state index in [9.17, 15) is 4.79 Å². The number of hydrogen-bond acceptors (Lipinski definition) is 4. The van der Waals surface area contributed by atoms with Gasteiger partial charge in [0, 0.05) is 31.3 Å². The number of rotatable bonds is 5. The number of ether oxygens (including phenoxy) is 1. The van der Waals surface area contributed by atoms with Crippen molar-refractivity contribution >= 4 is 23.3 Å². The van der Waals surface area contributed by atoms with E-state index < -0.39 is 5.91 Å². The summed E-state index contributed by atoms with van der Waals surface area (Å²) in [6, 6.07) is 1.98. The van der Waals surface area contributed by atoms with Gasteiger partial charge in [-0.15, -0.1) is 0 Å². The molecule has 120 valence electrons. The van der Waals surface area contributed by atoms with Crippen molar-refractivity contribution in [1.82, 2.24) is 4.98 Å². The third-order valence-corrected chi connectivity index (χ3v) is 5.58. The standard InChI is InChI=1S/C16H22ClN3O2/c1-3-22-13-8-12(16(13)5-4-6-16)20(2)15-11(17)7-10(9-19-15)14(18)21/h7,9,12-13H,3-6,8H2,1-2H3,(H2,18,21)/t12-,13-/m1/s1. The molecule has 22 heavy (non-hydrogen) atoms. The molecule has 2 N–H and O–H groups in total. The van der Waals surface area contributed by atoms with Gasteiger partial charge < -0.3 is 15.4 Å². The van der Waals surface area contributed by atoms with Gasteiger partial charge in [0.2, 0.25) is 5.91 Å². The first-order valence-corrected chi connectivity index (χ1v) is 8.17. The van der Waals surface area contributed by atoms with Crippen molar-refractivity contribution in [3.8, 4) is 0 Å². The number of carbonyl (C=O) groups is 1. The van der Waals surface area contributed by atoms with Crippen LogP contribution in [-0.2, 0) is 4.74 Å². The Morgan fingerprint density at radius 2 is 2.32 bits per heavy atom. The van der Waals surface area contributed by atoms with Gasteiger partial charge in [0.15, 0.2) is 0 Å². The lowest BCUT2D eigenvalue weighted by Crippen LogP contribution is -2.67. The Hall–Kier alpha value is -1.33. The fourth-order valence-corrected chi connectivity index (χ4v) is 4.22. The molecule has 2 aliphatic rings. The molecule has 0 bridgehead atoms. The Kier molecular flexibility index (Phi) is 4.03. The molecule has 1 aromatic rings. The molecule has 0 unspecified atom stereocenters. The number of amides is 1. The van der Waals surface area contributed by atoms with Gasteiger partial charge in [0.25, 0.3) is 0 Å². The maximum absolute atomic E-state index is 11.2. The predicted octanol–water partition coefficient (Wildman–Crippen LogP) is 2.62. The number of carbonyl (C=O) groups excluding carboxylic acids is 1. The molecule has 1 amide bonds. The first-order chi connectivity index (χ1) is 10.5. The van der Waals surface area contributed by atoms with E-state index >= 15 is 0 Å². The molecule has 1 spiro atoms. The van der Waals surface area contributed by atoms with Crippen molar-refractivity contribution in [2.75, 3.05) is 18.6 Å². The van der Waals surface area contributed by atoms with Crippen LogP contribution in [0.3, 0.4) is 0 Å². The Morgan fingerprint density at radius 1 is 1.59 bits per heavy atom. The second-order valence-corrected chi connectivity index (χ2v) is 6.69. The second kappa shape index (κ2) is 5.70. The molecule has 5 nitrogen and oxygen atoms in total. The largest absolute Gasteiger partial charge is 0.378 e. The summed E-state index contributed by atoms with van der Waals surface area (Å²) in [4.78, 5) is 17.7. The average molecular weight is 324 g/mol. The highest BCUT2D eigenvalue weighted by molar-refractivity contribution is 6.33. The lowest BCUT2D eigenvalue weighted by molar-refractivity contribution is -0.164. The Morgan fingerprint density at radius 3 is 2.82 bits per heavy atom. The van der Waals surface area contributed by atoms with Crippen LogP contribution in [0.25, 0.3) is 0 Å². The van der Waals surface area contributed by atoms with Gasteiger partial charge in [-0.2, -0.15) is 0 Å². The number of aromatic nitrogens is 1. The molecule has 1 heterocycles. The quantitative estimate of drug-likeness (QED) is 0.904. The molecule has 6 heteroatoms. The monoisotopic (exact) mass is 323 g/mol. The van der Waals surface area contributed by atoms with Crippen molar-refractivity contribution in [2.24, 2.45) is 11.1 Å². The van der Waals surface area contributed by atoms with E-state index in [1.165, 1.54) is 25.5 Å². The Labute approximate surface area is 135 Å². The third kappa shape index (κ3) is 2.27. The van der Waals surface area contributed by atoms with Gasteiger partial charge in [0.05, 0.1) is 16.7 Å². The lowest BCUT2D eigenvalue weighted by Gasteiger charge is -2.63. The number of primary amides is 1. The normalized spacial score (nSPS) is 25.4. The number of pyridine rings is 1. The zero-order chi connectivity index (χ0) is 15.9. The van der Waals surface area contributed by atoms with Crippen molar-refractivity contribution in [3.05, 3.63) is 22.8 Å². The summed E-state index contributed by atoms with van der Waals surface area (Å²) >= 11 is 6.30. The van der Waals surface area contributed by atoms with E-state index in [2.05, 4.69) is 9.88 Å². The molecular formula is C16H22ClN3O2. The van der Waals surface area contributed by atoms with Gasteiger partial charge in [-0.25, -0.2) is 4.98 Å². The third-order valence-electron chi connectivity index (χ3n) is 5.30. The summed E-state index contributed by atoms with van der Waals surface area (Å²) in [6.07, 6.45) is 6.50. The van der Waals surface area contributed by atoms with Crippen LogP contribution in [0, 0.1) is 5.41 Å². The van der Waals surface area contributed by atoms with E-state index in [-0.39, 0.29) is 5.41 Å². The highest BCUT2D eigenvalue weighted by Crippen LogP contribution is 2.59. The van der Waals surface area contributed by atoms with Crippen LogP contribution in [0.4, 0.5) is 5.82 Å². The van der Waals surface area contributed by atoms with Gasteiger partial charge >= 0.3 is 0 Å². The number of hydrogen-bond donors (Lipinski definition) is 1. The summed E-state index contributed by atoms with van der Waals surface area (Å²) in [5, 5.41) is 0.466. The number of anilines is 1. The van der Waals surface area contributed by atoms with E-state index in [0.717, 1.165) is 13.0 Å². The van der Waals surface area contributed by atoms with Crippen molar-refractivity contribution in [1.29, 1.82) is 0 Å². The van der Waals surface area contributed by atoms with Crippen LogP contribution in [0.2, 0.25) is 5.02 Å². The highest BCUT2D eigenvalue weighted by Gasteiger charge is 2.60. The molecule has 1 aromatic heterocycles. The van der Waals surface area contributed by atoms with E-state index in [1.807, 2.05) is 14.0 Å². The smallest absolute Gasteiger partial charge is 0.250 e. The molecule has 0 radical (unpaired) electrons. The molecule has 0 aromatic carbocycles. The molecule has 0 saturated heterocycles. The Bertz CT molecular complexity index is 589. The molecule has 2 atom stereocenters. The van der Waals surface area contributed by atoms with Crippen LogP contribution >= 0.6 is 11.6 Å². The first kappa shape index (κ1) is 15.6. The molecule has 3 rings (SSSR count). The maximum atomic E-state index is 11.2. The van der Waals surface area contributed by atoms with Crippen LogP contribution in [0.15, 0.2) is 12.3 Å². The summed E-state index contributed by atoms with van der Waals surface area (Å²) in [5.74, 6) is 0.192. The fraction of sp³-hybridized carbons (Fsp3) is 0.625. The van der Waals surface area contributed by atoms with Crippen molar-refractivity contribution in [2.45, 2.75) is 44.8 Å². The van der Waals surface area contributed by atoms with E-state index in [1.54, 1.807) is 6.07 Å². The predicted molar refractivity (Wildman–Crippen MR) is 86.3 cm³/mol. The molecule has 0 aliphatic heterocycles. The average Bonchev–Trinajstić information content (AvgIpc) is 2.40. The van der Waals surface area contributed by atoms with Gasteiger partial charge in [-0.3, -0.25) is 4.79 Å². The van der Waals surface area contributed by atoms with Crippen molar-refractivity contribution in [3.63, 3.8) is 0 Å². The van der Waals surface area contributed by atoms with Crippen molar-refractivity contribution < 1.29 is 9.53 Å². The minimum atomic E-state index is -0.515. The number of halogens is 1. The molecule has 2 fully saturated rings. The number of nitrogens with two attached hydrogens (primary N) is 1. The Balaban J connectivity index is 1.80. The van der Waals surface area contributed by atoms with Gasteiger partial charge in [-0.1, -0.05) is 18.0 Å². The lowest BCUT2D eigenvalue weighted by atomic mass is 9.50. The van der Waals surface area contributed by atoms with Crippen LogP contribution in [0.1, 0.15) is 43.0 Å². The summed E-state index contributed by atoms with van der Waals surface area (Å²) in [7, 11) is 2.02. The molecule has 2 aliphatic carbocycles. The number of nitrogens with zero attached hydrogens (tertiary/aromatic N) is 2. The van der Waals surface area contributed by atoms with Gasteiger partial charge in [0.1, 0.15) is 5.82 Å². The van der Waals surface area contributed by atoms with Crippen LogP contribution < -0.4 is 10.6 Å². The molecular weight excluding hydrogens is 302 g/mol. The van der Waals surface area contributed by atoms with Crippen LogP contribution in [-0.4, -0.2) is 36.7 Å². The van der Waals surface area contributed by atoms with E-state index in [4.69, 9.17) is 22.1 Å². The van der Waals surface area contributed by atoms with Gasteiger partial charge in [-0.05, 0) is 32.3 Å². The zero-order valence-electron chi connectivity index (χ0n) is 13.0.